The molecule has 1 amide bonds. The van der Waals surface area contributed by atoms with Crippen molar-refractivity contribution < 1.29 is 17.6 Å². The zero-order chi connectivity index (χ0) is 16.9. The van der Waals surface area contributed by atoms with Crippen LogP contribution < -0.4 is 5.32 Å². The zero-order valence-corrected chi connectivity index (χ0v) is 13.9. The molecule has 10 heteroatoms. The first-order chi connectivity index (χ1) is 10.9. The number of nitrogens with zero attached hydrogens (tertiary/aromatic N) is 3. The molecular formula is C13H15FN4O3S2. The Morgan fingerprint density at radius 1 is 1.35 bits per heavy atom. The number of amides is 1. The maximum Gasteiger partial charge on any atom is 0.242 e. The highest BCUT2D eigenvalue weighted by Crippen LogP contribution is 2.15. The molecule has 0 radical (unpaired) electrons. The molecule has 1 N–H and O–H groups in total. The maximum atomic E-state index is 12.9. The van der Waals surface area contributed by atoms with Crippen LogP contribution in [0.5, 0.6) is 0 Å². The Balaban J connectivity index is 1.85. The standard InChI is InChI=1S/C13H15FN4O3S2/c1-18(23(20,21)11-6-4-10(14)5-7-11)8-2-3-12(19)16-13-17-15-9-22-13/h4-7,9H,2-3,8H2,1H3,(H,16,17,19). The quantitative estimate of drug-likeness (QED) is 0.813. The molecule has 1 heterocycles. The van der Waals surface area contributed by atoms with Gasteiger partial charge in [-0.15, -0.1) is 10.2 Å². The number of rotatable bonds is 7. The van der Waals surface area contributed by atoms with Gasteiger partial charge in [0.2, 0.25) is 21.1 Å². The number of benzene rings is 1. The van der Waals surface area contributed by atoms with Crippen molar-refractivity contribution in [2.45, 2.75) is 17.7 Å². The molecule has 1 aromatic heterocycles. The molecule has 2 rings (SSSR count). The summed E-state index contributed by atoms with van der Waals surface area (Å²) in [7, 11) is -2.27. The van der Waals surface area contributed by atoms with Crippen LogP contribution in [0, 0.1) is 5.82 Å². The molecule has 0 saturated heterocycles. The molecule has 0 saturated carbocycles. The van der Waals surface area contributed by atoms with Gasteiger partial charge in [0.1, 0.15) is 11.3 Å². The summed E-state index contributed by atoms with van der Waals surface area (Å²) < 4.78 is 38.5. The highest BCUT2D eigenvalue weighted by Gasteiger charge is 2.20. The molecule has 0 spiro atoms. The van der Waals surface area contributed by atoms with Gasteiger partial charge < -0.3 is 5.32 Å². The van der Waals surface area contributed by atoms with Crippen LogP contribution in [0.15, 0.2) is 34.7 Å². The summed E-state index contributed by atoms with van der Waals surface area (Å²) in [6.07, 6.45) is 0.504. The number of halogens is 1. The van der Waals surface area contributed by atoms with E-state index in [1.807, 2.05) is 0 Å². The van der Waals surface area contributed by atoms with Gasteiger partial charge in [-0.1, -0.05) is 11.3 Å². The predicted molar refractivity (Wildman–Crippen MR) is 84.0 cm³/mol. The van der Waals surface area contributed by atoms with E-state index in [1.165, 1.54) is 36.0 Å². The van der Waals surface area contributed by atoms with Crippen molar-refractivity contribution in [2.75, 3.05) is 18.9 Å². The SMILES string of the molecule is CN(CCCC(=O)Nc1nncs1)S(=O)(=O)c1ccc(F)cc1. The largest absolute Gasteiger partial charge is 0.301 e. The van der Waals surface area contributed by atoms with Crippen LogP contribution in [-0.4, -0.2) is 42.4 Å². The normalized spacial score (nSPS) is 11.6. The van der Waals surface area contributed by atoms with Crippen LogP contribution in [0.4, 0.5) is 9.52 Å². The van der Waals surface area contributed by atoms with Crippen LogP contribution in [0.1, 0.15) is 12.8 Å². The van der Waals surface area contributed by atoms with E-state index in [0.29, 0.717) is 11.6 Å². The number of hydrogen-bond acceptors (Lipinski definition) is 6. The molecule has 0 bridgehead atoms. The van der Waals surface area contributed by atoms with Crippen molar-refractivity contribution in [1.29, 1.82) is 0 Å². The number of sulfonamides is 1. The lowest BCUT2D eigenvalue weighted by Gasteiger charge is -2.16. The monoisotopic (exact) mass is 358 g/mol. The average molecular weight is 358 g/mol. The van der Waals surface area contributed by atoms with E-state index in [0.717, 1.165) is 16.4 Å². The van der Waals surface area contributed by atoms with Crippen molar-refractivity contribution in [2.24, 2.45) is 0 Å². The van der Waals surface area contributed by atoms with Crippen LogP contribution >= 0.6 is 11.3 Å². The molecule has 2 aromatic rings. The first kappa shape index (κ1) is 17.4. The molecule has 1 aromatic carbocycles. The average Bonchev–Trinajstić information content (AvgIpc) is 3.00. The molecule has 0 aliphatic heterocycles. The number of anilines is 1. The predicted octanol–water partition coefficient (Wildman–Crippen LogP) is 1.72. The lowest BCUT2D eigenvalue weighted by molar-refractivity contribution is -0.116. The highest BCUT2D eigenvalue weighted by atomic mass is 32.2. The second-order valence-electron chi connectivity index (χ2n) is 4.68. The number of hydrogen-bond donors (Lipinski definition) is 1. The smallest absolute Gasteiger partial charge is 0.242 e. The third-order valence-corrected chi connectivity index (χ3v) is 5.48. The van der Waals surface area contributed by atoms with Gasteiger partial charge in [0, 0.05) is 20.0 Å². The summed E-state index contributed by atoms with van der Waals surface area (Å²) >= 11 is 1.20. The molecule has 7 nitrogen and oxygen atoms in total. The Kier molecular flexibility index (Phi) is 5.74. The first-order valence-electron chi connectivity index (χ1n) is 6.67. The third kappa shape index (κ3) is 4.78. The summed E-state index contributed by atoms with van der Waals surface area (Å²) in [5.74, 6) is -0.755. The Morgan fingerprint density at radius 2 is 2.04 bits per heavy atom. The third-order valence-electron chi connectivity index (χ3n) is 3.01. The fourth-order valence-corrected chi connectivity index (χ4v) is 3.45. The van der Waals surface area contributed by atoms with E-state index in [9.17, 15) is 17.6 Å². The van der Waals surface area contributed by atoms with Gasteiger partial charge in [-0.25, -0.2) is 17.1 Å². The molecule has 0 unspecified atom stereocenters. The van der Waals surface area contributed by atoms with Crippen molar-refractivity contribution >= 4 is 32.4 Å². The van der Waals surface area contributed by atoms with Gasteiger partial charge in [-0.05, 0) is 30.7 Å². The molecular weight excluding hydrogens is 343 g/mol. The summed E-state index contributed by atoms with van der Waals surface area (Å²) in [5, 5.41) is 10.3. The Hall–Kier alpha value is -1.91. The summed E-state index contributed by atoms with van der Waals surface area (Å²) in [5.41, 5.74) is 1.50. The second kappa shape index (κ2) is 7.57. The van der Waals surface area contributed by atoms with E-state index < -0.39 is 15.8 Å². The Bertz CT molecular complexity index is 748. The fourth-order valence-electron chi connectivity index (χ4n) is 1.78. The fraction of sp³-hybridized carbons (Fsp3) is 0.308. The minimum absolute atomic E-state index is 0.0136. The Morgan fingerprint density at radius 3 is 2.65 bits per heavy atom. The van der Waals surface area contributed by atoms with Gasteiger partial charge in [0.15, 0.2) is 0 Å². The summed E-state index contributed by atoms with van der Waals surface area (Å²) in [4.78, 5) is 11.7. The van der Waals surface area contributed by atoms with Gasteiger partial charge in [0.25, 0.3) is 0 Å². The minimum Gasteiger partial charge on any atom is -0.301 e. The van der Waals surface area contributed by atoms with Crippen LogP contribution in [0.3, 0.4) is 0 Å². The van der Waals surface area contributed by atoms with Crippen LogP contribution in [-0.2, 0) is 14.8 Å². The molecule has 124 valence electrons. The molecule has 0 aliphatic rings. The van der Waals surface area contributed by atoms with Crippen molar-refractivity contribution in [3.63, 3.8) is 0 Å². The van der Waals surface area contributed by atoms with E-state index >= 15 is 0 Å². The zero-order valence-electron chi connectivity index (χ0n) is 12.3. The first-order valence-corrected chi connectivity index (χ1v) is 8.99. The lowest BCUT2D eigenvalue weighted by atomic mass is 10.3. The van der Waals surface area contributed by atoms with Gasteiger partial charge >= 0.3 is 0 Å². The second-order valence-corrected chi connectivity index (χ2v) is 7.55. The van der Waals surface area contributed by atoms with Gasteiger partial charge in [-0.3, -0.25) is 4.79 Å². The van der Waals surface area contributed by atoms with Crippen LogP contribution in [0.25, 0.3) is 0 Å². The highest BCUT2D eigenvalue weighted by molar-refractivity contribution is 7.89. The van der Waals surface area contributed by atoms with E-state index in [1.54, 1.807) is 0 Å². The molecule has 23 heavy (non-hydrogen) atoms. The number of nitrogens with one attached hydrogen (secondary N) is 1. The topological polar surface area (TPSA) is 92.3 Å². The summed E-state index contributed by atoms with van der Waals surface area (Å²) in [6, 6.07) is 4.61. The molecule has 0 aliphatic carbocycles. The Labute approximate surface area is 137 Å². The summed E-state index contributed by atoms with van der Waals surface area (Å²) in [6.45, 7) is 0.170. The lowest BCUT2D eigenvalue weighted by Crippen LogP contribution is -2.28. The molecule has 0 fully saturated rings. The van der Waals surface area contributed by atoms with E-state index in [-0.39, 0.29) is 23.8 Å². The molecule has 0 atom stereocenters. The number of carbonyl (C=O) groups is 1. The van der Waals surface area contributed by atoms with Gasteiger partial charge in [0.05, 0.1) is 4.90 Å². The van der Waals surface area contributed by atoms with E-state index in [2.05, 4.69) is 15.5 Å². The van der Waals surface area contributed by atoms with Crippen molar-refractivity contribution in [1.82, 2.24) is 14.5 Å². The minimum atomic E-state index is -3.69. The van der Waals surface area contributed by atoms with Crippen LogP contribution in [0.2, 0.25) is 0 Å². The van der Waals surface area contributed by atoms with Gasteiger partial charge in [-0.2, -0.15) is 0 Å². The maximum absolute atomic E-state index is 12.9. The van der Waals surface area contributed by atoms with E-state index in [4.69, 9.17) is 0 Å². The number of carbonyl (C=O) groups excluding carboxylic acids is 1. The van der Waals surface area contributed by atoms with Crippen molar-refractivity contribution in [3.05, 3.63) is 35.6 Å². The van der Waals surface area contributed by atoms with Crippen molar-refractivity contribution in [3.8, 4) is 0 Å². The number of aromatic nitrogens is 2.